The minimum atomic E-state index is 0.181. The first kappa shape index (κ1) is 15.9. The molecule has 2 atom stereocenters. The second kappa shape index (κ2) is 6.07. The van der Waals surface area contributed by atoms with Crippen LogP contribution in [0.3, 0.4) is 0 Å². The number of nitrogens with zero attached hydrogens (tertiary/aromatic N) is 1. The lowest BCUT2D eigenvalue weighted by Gasteiger charge is -2.56. The highest BCUT2D eigenvalue weighted by molar-refractivity contribution is 5.84. The number of benzene rings is 1. The Morgan fingerprint density at radius 1 is 1.21 bits per heavy atom. The monoisotopic (exact) mass is 329 g/mol. The van der Waals surface area contributed by atoms with Crippen LogP contribution in [0.5, 0.6) is 5.75 Å². The predicted molar refractivity (Wildman–Crippen MR) is 92.1 cm³/mol. The maximum Gasteiger partial charge on any atom is 0.226 e. The Bertz CT molecular complexity index is 602. The van der Waals surface area contributed by atoms with Crippen molar-refractivity contribution in [2.75, 3.05) is 33.9 Å². The highest BCUT2D eigenvalue weighted by Crippen LogP contribution is 2.53. The molecule has 1 aliphatic heterocycles. The van der Waals surface area contributed by atoms with E-state index in [4.69, 9.17) is 9.47 Å². The summed E-state index contributed by atoms with van der Waals surface area (Å²) in [5.74, 6) is 2.56. The van der Waals surface area contributed by atoms with Gasteiger partial charge in [-0.1, -0.05) is 18.6 Å². The third-order valence-corrected chi connectivity index (χ3v) is 6.38. The van der Waals surface area contributed by atoms with Gasteiger partial charge in [0.2, 0.25) is 5.91 Å². The largest absolute Gasteiger partial charge is 0.497 e. The molecule has 24 heavy (non-hydrogen) atoms. The minimum Gasteiger partial charge on any atom is -0.497 e. The lowest BCUT2D eigenvalue weighted by molar-refractivity contribution is -0.159. The van der Waals surface area contributed by atoms with Gasteiger partial charge in [0.05, 0.1) is 13.7 Å². The van der Waals surface area contributed by atoms with Gasteiger partial charge in [-0.25, -0.2) is 0 Å². The molecule has 1 saturated heterocycles. The molecular formula is C20H27NO3. The maximum atomic E-state index is 12.8. The molecule has 1 amide bonds. The Morgan fingerprint density at radius 2 is 1.92 bits per heavy atom. The third kappa shape index (κ3) is 2.61. The molecule has 0 N–H and O–H groups in total. The molecular weight excluding hydrogens is 302 g/mol. The zero-order chi connectivity index (χ0) is 16.7. The van der Waals surface area contributed by atoms with Gasteiger partial charge in [-0.15, -0.1) is 0 Å². The van der Waals surface area contributed by atoms with E-state index in [9.17, 15) is 4.79 Å². The van der Waals surface area contributed by atoms with Crippen molar-refractivity contribution in [1.29, 1.82) is 0 Å². The van der Waals surface area contributed by atoms with E-state index in [1.165, 1.54) is 24.8 Å². The highest BCUT2D eigenvalue weighted by Gasteiger charge is 2.55. The van der Waals surface area contributed by atoms with Gasteiger partial charge in [-0.05, 0) is 48.8 Å². The SMILES string of the molecule is COCC1(C2CCC2)CN(C(=O)[C@@H]2C[C@H]2c2ccc(OC)cc2)C1. The van der Waals surface area contributed by atoms with E-state index >= 15 is 0 Å². The molecule has 1 aromatic rings. The van der Waals surface area contributed by atoms with Gasteiger partial charge in [-0.3, -0.25) is 4.79 Å². The molecule has 2 aliphatic carbocycles. The van der Waals surface area contributed by atoms with E-state index in [2.05, 4.69) is 17.0 Å². The Labute approximate surface area is 144 Å². The molecule has 1 aromatic carbocycles. The van der Waals surface area contributed by atoms with Crippen LogP contribution in [-0.2, 0) is 9.53 Å². The lowest BCUT2D eigenvalue weighted by Crippen LogP contribution is -2.65. The molecule has 0 radical (unpaired) electrons. The number of carbonyl (C=O) groups is 1. The number of amides is 1. The fourth-order valence-electron chi connectivity index (χ4n) is 4.57. The summed E-state index contributed by atoms with van der Waals surface area (Å²) in [4.78, 5) is 14.9. The van der Waals surface area contributed by atoms with Crippen LogP contribution < -0.4 is 4.74 Å². The van der Waals surface area contributed by atoms with Gasteiger partial charge < -0.3 is 14.4 Å². The third-order valence-electron chi connectivity index (χ3n) is 6.38. The number of methoxy groups -OCH3 is 2. The summed E-state index contributed by atoms with van der Waals surface area (Å²) in [6, 6.07) is 8.16. The van der Waals surface area contributed by atoms with Crippen LogP contribution in [0.25, 0.3) is 0 Å². The van der Waals surface area contributed by atoms with E-state index in [0.29, 0.717) is 11.8 Å². The van der Waals surface area contributed by atoms with Crippen molar-refractivity contribution < 1.29 is 14.3 Å². The number of hydrogen-bond donors (Lipinski definition) is 0. The Balaban J connectivity index is 1.34. The zero-order valence-corrected chi connectivity index (χ0v) is 14.7. The van der Waals surface area contributed by atoms with E-state index < -0.39 is 0 Å². The molecule has 0 aromatic heterocycles. The van der Waals surface area contributed by atoms with E-state index in [1.807, 2.05) is 12.1 Å². The summed E-state index contributed by atoms with van der Waals surface area (Å²) in [6.07, 6.45) is 4.95. The summed E-state index contributed by atoms with van der Waals surface area (Å²) < 4.78 is 10.7. The first-order chi connectivity index (χ1) is 11.7. The van der Waals surface area contributed by atoms with Gasteiger partial charge in [0.15, 0.2) is 0 Å². The number of rotatable bonds is 6. The fraction of sp³-hybridized carbons (Fsp3) is 0.650. The molecule has 1 heterocycles. The fourth-order valence-corrected chi connectivity index (χ4v) is 4.57. The van der Waals surface area contributed by atoms with Gasteiger partial charge in [0.1, 0.15) is 5.75 Å². The topological polar surface area (TPSA) is 38.8 Å². The second-order valence-electron chi connectivity index (χ2n) is 7.84. The molecule has 0 unspecified atom stereocenters. The predicted octanol–water partition coefficient (Wildman–Crippen LogP) is 3.07. The first-order valence-corrected chi connectivity index (χ1v) is 9.08. The summed E-state index contributed by atoms with van der Waals surface area (Å²) in [7, 11) is 3.46. The molecule has 3 aliphatic rings. The van der Waals surface area contributed by atoms with Crippen LogP contribution in [0.15, 0.2) is 24.3 Å². The van der Waals surface area contributed by atoms with Crippen LogP contribution >= 0.6 is 0 Å². The smallest absolute Gasteiger partial charge is 0.226 e. The van der Waals surface area contributed by atoms with Gasteiger partial charge in [0.25, 0.3) is 0 Å². The molecule has 4 heteroatoms. The molecule has 130 valence electrons. The normalized spacial score (nSPS) is 28.0. The van der Waals surface area contributed by atoms with Crippen molar-refractivity contribution in [3.05, 3.63) is 29.8 Å². The summed E-state index contributed by atoms with van der Waals surface area (Å²) in [5, 5.41) is 0. The van der Waals surface area contributed by atoms with Crippen molar-refractivity contribution in [2.24, 2.45) is 17.3 Å². The van der Waals surface area contributed by atoms with Crippen LogP contribution in [0, 0.1) is 17.3 Å². The Morgan fingerprint density at radius 3 is 2.46 bits per heavy atom. The Hall–Kier alpha value is -1.55. The standard InChI is InChI=1S/C20H27NO3/c1-23-13-20(15-4-3-5-15)11-21(12-20)19(22)18-10-17(18)14-6-8-16(24-2)9-7-14/h6-9,15,17-18H,3-5,10-13H2,1-2H3/t17-,18+/m0/s1. The Kier molecular flexibility index (Phi) is 4.03. The van der Waals surface area contributed by atoms with Crippen LogP contribution in [0.1, 0.15) is 37.2 Å². The number of hydrogen-bond acceptors (Lipinski definition) is 3. The van der Waals surface area contributed by atoms with Crippen molar-refractivity contribution in [2.45, 2.75) is 31.6 Å². The van der Waals surface area contributed by atoms with Gasteiger partial charge in [0, 0.05) is 31.5 Å². The molecule has 3 fully saturated rings. The minimum absolute atomic E-state index is 0.181. The van der Waals surface area contributed by atoms with Crippen molar-refractivity contribution in [3.63, 3.8) is 0 Å². The van der Waals surface area contributed by atoms with Crippen LogP contribution in [-0.4, -0.2) is 44.7 Å². The molecule has 4 rings (SSSR count). The lowest BCUT2D eigenvalue weighted by atomic mass is 9.61. The van der Waals surface area contributed by atoms with Gasteiger partial charge in [-0.2, -0.15) is 0 Å². The molecule has 2 saturated carbocycles. The second-order valence-corrected chi connectivity index (χ2v) is 7.84. The number of ether oxygens (including phenoxy) is 2. The van der Waals surface area contributed by atoms with Crippen LogP contribution in [0.4, 0.5) is 0 Å². The van der Waals surface area contributed by atoms with E-state index in [1.54, 1.807) is 14.2 Å². The quantitative estimate of drug-likeness (QED) is 0.805. The van der Waals surface area contributed by atoms with Gasteiger partial charge >= 0.3 is 0 Å². The molecule has 0 bridgehead atoms. The number of carbonyl (C=O) groups excluding carboxylic acids is 1. The summed E-state index contributed by atoms with van der Waals surface area (Å²) >= 11 is 0. The van der Waals surface area contributed by atoms with Crippen molar-refractivity contribution >= 4 is 5.91 Å². The number of likely N-dealkylation sites (tertiary alicyclic amines) is 1. The average molecular weight is 329 g/mol. The maximum absolute atomic E-state index is 12.8. The first-order valence-electron chi connectivity index (χ1n) is 9.08. The molecule has 4 nitrogen and oxygen atoms in total. The zero-order valence-electron chi connectivity index (χ0n) is 14.7. The van der Waals surface area contributed by atoms with E-state index in [-0.39, 0.29) is 11.3 Å². The van der Waals surface area contributed by atoms with Crippen molar-refractivity contribution in [1.82, 2.24) is 4.90 Å². The highest BCUT2D eigenvalue weighted by atomic mass is 16.5. The average Bonchev–Trinajstić information content (AvgIpc) is 3.30. The molecule has 0 spiro atoms. The van der Waals surface area contributed by atoms with Crippen molar-refractivity contribution in [3.8, 4) is 5.75 Å². The van der Waals surface area contributed by atoms with Crippen LogP contribution in [0.2, 0.25) is 0 Å². The van der Waals surface area contributed by atoms with E-state index in [0.717, 1.165) is 37.8 Å². The summed E-state index contributed by atoms with van der Waals surface area (Å²) in [6.45, 7) is 2.60. The summed E-state index contributed by atoms with van der Waals surface area (Å²) in [5.41, 5.74) is 1.50.